The van der Waals surface area contributed by atoms with Gasteiger partial charge in [0.25, 0.3) is 5.91 Å². The quantitative estimate of drug-likeness (QED) is 0.628. The Balaban J connectivity index is 2.55. The summed E-state index contributed by atoms with van der Waals surface area (Å²) in [6.07, 6.45) is 1.37. The van der Waals surface area contributed by atoms with Crippen LogP contribution in [0.5, 0.6) is 0 Å². The van der Waals surface area contributed by atoms with Gasteiger partial charge in [0.2, 0.25) is 5.91 Å². The lowest BCUT2D eigenvalue weighted by Crippen LogP contribution is -2.54. The molecular formula is C12H18N2O5. The van der Waals surface area contributed by atoms with E-state index in [2.05, 4.69) is 5.32 Å². The zero-order chi connectivity index (χ0) is 14.5. The minimum absolute atomic E-state index is 0.141. The molecular weight excluding hydrogens is 252 g/mol. The molecule has 0 aromatic carbocycles. The third-order valence-electron chi connectivity index (χ3n) is 2.60. The van der Waals surface area contributed by atoms with Crippen molar-refractivity contribution in [3.63, 3.8) is 0 Å². The van der Waals surface area contributed by atoms with E-state index in [4.69, 9.17) is 14.6 Å². The molecule has 1 heterocycles. The summed E-state index contributed by atoms with van der Waals surface area (Å²) in [5.41, 5.74) is -1.11. The van der Waals surface area contributed by atoms with Crippen molar-refractivity contribution in [2.75, 3.05) is 26.8 Å². The van der Waals surface area contributed by atoms with Crippen molar-refractivity contribution in [1.29, 1.82) is 0 Å². The Morgan fingerprint density at radius 2 is 2.05 bits per heavy atom. The molecule has 0 radical (unpaired) electrons. The van der Waals surface area contributed by atoms with Crippen LogP contribution >= 0.6 is 0 Å². The van der Waals surface area contributed by atoms with Gasteiger partial charge in [0, 0.05) is 7.05 Å². The maximum Gasteiger partial charge on any atom is 0.289 e. The van der Waals surface area contributed by atoms with Crippen molar-refractivity contribution < 1.29 is 24.2 Å². The standard InChI is InChI=1S/C12H18N2O5/c1-12(7-15,8-16)13-10(17)6-14(2)11(18)9-4-3-5-19-9/h3-5,15-16H,6-8H2,1-2H3,(H,13,17). The van der Waals surface area contributed by atoms with E-state index < -0.39 is 30.6 Å². The Morgan fingerprint density at radius 3 is 2.53 bits per heavy atom. The first-order valence-corrected chi connectivity index (χ1v) is 5.73. The minimum atomic E-state index is -1.11. The SMILES string of the molecule is CN(CC(=O)NC(C)(CO)CO)C(=O)c1ccco1. The van der Waals surface area contributed by atoms with Crippen molar-refractivity contribution in [1.82, 2.24) is 10.2 Å². The summed E-state index contributed by atoms with van der Waals surface area (Å²) in [7, 11) is 1.46. The highest BCUT2D eigenvalue weighted by molar-refractivity contribution is 5.94. The van der Waals surface area contributed by atoms with Crippen LogP contribution in [0.15, 0.2) is 22.8 Å². The van der Waals surface area contributed by atoms with Gasteiger partial charge in [-0.1, -0.05) is 0 Å². The molecule has 19 heavy (non-hydrogen) atoms. The number of nitrogens with zero attached hydrogens (tertiary/aromatic N) is 1. The molecule has 2 amide bonds. The Morgan fingerprint density at radius 1 is 1.42 bits per heavy atom. The summed E-state index contributed by atoms with van der Waals surface area (Å²) in [5.74, 6) is -0.759. The van der Waals surface area contributed by atoms with Gasteiger partial charge in [-0.3, -0.25) is 9.59 Å². The van der Waals surface area contributed by atoms with Gasteiger partial charge in [-0.25, -0.2) is 0 Å². The fourth-order valence-corrected chi connectivity index (χ4v) is 1.38. The molecule has 0 saturated heterocycles. The van der Waals surface area contributed by atoms with E-state index in [1.165, 1.54) is 31.2 Å². The molecule has 0 spiro atoms. The van der Waals surface area contributed by atoms with Gasteiger partial charge < -0.3 is 24.8 Å². The van der Waals surface area contributed by atoms with Crippen LogP contribution in [0.4, 0.5) is 0 Å². The van der Waals surface area contributed by atoms with Crippen LogP contribution in [0.1, 0.15) is 17.5 Å². The van der Waals surface area contributed by atoms with Crippen LogP contribution in [0, 0.1) is 0 Å². The molecule has 0 bridgehead atoms. The maximum absolute atomic E-state index is 11.8. The van der Waals surface area contributed by atoms with Gasteiger partial charge in [0.1, 0.15) is 0 Å². The summed E-state index contributed by atoms with van der Waals surface area (Å²) in [6.45, 7) is 0.505. The monoisotopic (exact) mass is 270 g/mol. The maximum atomic E-state index is 11.8. The molecule has 0 fully saturated rings. The average molecular weight is 270 g/mol. The van der Waals surface area contributed by atoms with Gasteiger partial charge in [-0.15, -0.1) is 0 Å². The van der Waals surface area contributed by atoms with Crippen molar-refractivity contribution in [3.8, 4) is 0 Å². The second kappa shape index (κ2) is 6.35. The van der Waals surface area contributed by atoms with Gasteiger partial charge in [0.15, 0.2) is 5.76 Å². The van der Waals surface area contributed by atoms with E-state index >= 15 is 0 Å². The first-order valence-electron chi connectivity index (χ1n) is 5.73. The van der Waals surface area contributed by atoms with Crippen LogP contribution in [-0.2, 0) is 4.79 Å². The highest BCUT2D eigenvalue weighted by Crippen LogP contribution is 2.05. The van der Waals surface area contributed by atoms with Crippen molar-refractivity contribution in [3.05, 3.63) is 24.2 Å². The van der Waals surface area contributed by atoms with E-state index in [-0.39, 0.29) is 12.3 Å². The van der Waals surface area contributed by atoms with E-state index in [0.29, 0.717) is 0 Å². The second-order valence-corrected chi connectivity index (χ2v) is 4.56. The van der Waals surface area contributed by atoms with Crippen LogP contribution in [0.25, 0.3) is 0 Å². The number of aliphatic hydroxyl groups excluding tert-OH is 2. The first kappa shape index (κ1) is 15.2. The Hall–Kier alpha value is -1.86. The number of furan rings is 1. The lowest BCUT2D eigenvalue weighted by atomic mass is 10.1. The number of likely N-dealkylation sites (N-methyl/N-ethyl adjacent to an activating group) is 1. The summed E-state index contributed by atoms with van der Waals surface area (Å²) in [5, 5.41) is 20.6. The molecule has 0 atom stereocenters. The summed E-state index contributed by atoms with van der Waals surface area (Å²) in [6, 6.07) is 3.08. The lowest BCUT2D eigenvalue weighted by Gasteiger charge is -2.27. The Bertz CT molecular complexity index is 425. The molecule has 0 aliphatic carbocycles. The van der Waals surface area contributed by atoms with Crippen molar-refractivity contribution in [2.24, 2.45) is 0 Å². The smallest absolute Gasteiger partial charge is 0.289 e. The van der Waals surface area contributed by atoms with E-state index in [9.17, 15) is 9.59 Å². The first-order chi connectivity index (χ1) is 8.91. The summed E-state index contributed by atoms with van der Waals surface area (Å²) < 4.78 is 4.94. The summed E-state index contributed by atoms with van der Waals surface area (Å²) >= 11 is 0. The number of nitrogens with one attached hydrogen (secondary N) is 1. The number of amides is 2. The highest BCUT2D eigenvalue weighted by atomic mass is 16.3. The molecule has 7 nitrogen and oxygen atoms in total. The Labute approximate surface area is 110 Å². The number of carbonyl (C=O) groups excluding carboxylic acids is 2. The van der Waals surface area contributed by atoms with Crippen molar-refractivity contribution >= 4 is 11.8 Å². The zero-order valence-corrected chi connectivity index (χ0v) is 10.9. The van der Waals surface area contributed by atoms with Gasteiger partial charge in [-0.05, 0) is 19.1 Å². The normalized spacial score (nSPS) is 11.2. The summed E-state index contributed by atoms with van der Waals surface area (Å²) in [4.78, 5) is 24.7. The molecule has 0 aliphatic rings. The largest absolute Gasteiger partial charge is 0.459 e. The van der Waals surface area contributed by atoms with E-state index in [1.807, 2.05) is 0 Å². The molecule has 0 aliphatic heterocycles. The van der Waals surface area contributed by atoms with Crippen LogP contribution in [0.2, 0.25) is 0 Å². The predicted octanol–water partition coefficient (Wildman–Crippen LogP) is -0.789. The fraction of sp³-hybridized carbons (Fsp3) is 0.500. The number of hydrogen-bond acceptors (Lipinski definition) is 5. The second-order valence-electron chi connectivity index (χ2n) is 4.56. The van der Waals surface area contributed by atoms with Gasteiger partial charge >= 0.3 is 0 Å². The van der Waals surface area contributed by atoms with Crippen LogP contribution in [-0.4, -0.2) is 59.3 Å². The number of rotatable bonds is 6. The fourth-order valence-electron chi connectivity index (χ4n) is 1.38. The van der Waals surface area contributed by atoms with Crippen LogP contribution in [0.3, 0.4) is 0 Å². The molecule has 1 aromatic heterocycles. The Kier molecular flexibility index (Phi) is 5.08. The molecule has 1 rings (SSSR count). The number of carbonyl (C=O) groups is 2. The molecule has 106 valence electrons. The van der Waals surface area contributed by atoms with Crippen molar-refractivity contribution in [2.45, 2.75) is 12.5 Å². The molecule has 7 heteroatoms. The van der Waals surface area contributed by atoms with E-state index in [0.717, 1.165) is 0 Å². The molecule has 3 N–H and O–H groups in total. The minimum Gasteiger partial charge on any atom is -0.459 e. The molecule has 0 saturated carbocycles. The molecule has 0 unspecified atom stereocenters. The number of hydrogen-bond donors (Lipinski definition) is 3. The lowest BCUT2D eigenvalue weighted by molar-refractivity contribution is -0.124. The van der Waals surface area contributed by atoms with Crippen LogP contribution < -0.4 is 5.32 Å². The topological polar surface area (TPSA) is 103 Å². The average Bonchev–Trinajstić information content (AvgIpc) is 2.91. The van der Waals surface area contributed by atoms with Gasteiger partial charge in [-0.2, -0.15) is 0 Å². The predicted molar refractivity (Wildman–Crippen MR) is 66.4 cm³/mol. The number of aliphatic hydroxyl groups is 2. The third-order valence-corrected chi connectivity index (χ3v) is 2.60. The highest BCUT2D eigenvalue weighted by Gasteiger charge is 2.26. The third kappa shape index (κ3) is 4.08. The molecule has 1 aromatic rings. The van der Waals surface area contributed by atoms with Gasteiger partial charge in [0.05, 0.1) is 31.6 Å². The zero-order valence-electron chi connectivity index (χ0n) is 10.9. The van der Waals surface area contributed by atoms with E-state index in [1.54, 1.807) is 6.07 Å².